The third kappa shape index (κ3) is 6.01. The zero-order valence-corrected chi connectivity index (χ0v) is 18.7. The Morgan fingerprint density at radius 2 is 1.93 bits per heavy atom. The Labute approximate surface area is 176 Å². The number of piperidine rings is 1. The van der Waals surface area contributed by atoms with E-state index in [1.165, 1.54) is 38.2 Å². The standard InChI is InChI=1S/C23H39N5O/c1-19(2)17-26-11-7-8-20(18-26)16-25-23(24-3)28-14-12-27(13-15-28)21-9-5-6-10-22(21)29-4/h5-6,9-10,19-20H,7-8,11-18H2,1-4H3,(H,24,25). The van der Waals surface area contributed by atoms with E-state index < -0.39 is 0 Å². The Morgan fingerprint density at radius 3 is 2.62 bits per heavy atom. The van der Waals surface area contributed by atoms with Gasteiger partial charge in [0, 0.05) is 52.9 Å². The Balaban J connectivity index is 1.48. The number of nitrogens with one attached hydrogen (secondary N) is 1. The molecular weight excluding hydrogens is 362 g/mol. The number of anilines is 1. The van der Waals surface area contributed by atoms with Crippen LogP contribution in [-0.4, -0.2) is 82.3 Å². The largest absolute Gasteiger partial charge is 0.495 e. The normalized spacial score (nSPS) is 21.6. The lowest BCUT2D eigenvalue weighted by atomic mass is 9.97. The maximum absolute atomic E-state index is 5.54. The first-order valence-electron chi connectivity index (χ1n) is 11.2. The van der Waals surface area contributed by atoms with Gasteiger partial charge in [-0.05, 0) is 43.4 Å². The average Bonchev–Trinajstić information content (AvgIpc) is 2.74. The summed E-state index contributed by atoms with van der Waals surface area (Å²) < 4.78 is 5.54. The lowest BCUT2D eigenvalue weighted by molar-refractivity contribution is 0.159. The van der Waals surface area contributed by atoms with Gasteiger partial charge in [0.2, 0.25) is 0 Å². The van der Waals surface area contributed by atoms with Crippen molar-refractivity contribution in [3.63, 3.8) is 0 Å². The van der Waals surface area contributed by atoms with Crippen LogP contribution in [0, 0.1) is 11.8 Å². The fourth-order valence-corrected chi connectivity index (χ4v) is 4.62. The molecule has 2 saturated heterocycles. The summed E-state index contributed by atoms with van der Waals surface area (Å²) in [7, 11) is 3.65. The summed E-state index contributed by atoms with van der Waals surface area (Å²) in [5.74, 6) is 3.46. The van der Waals surface area contributed by atoms with E-state index in [9.17, 15) is 0 Å². The number of aliphatic imine (C=N–C) groups is 1. The summed E-state index contributed by atoms with van der Waals surface area (Å²) in [6.07, 6.45) is 2.63. The number of methoxy groups -OCH3 is 1. The molecule has 0 saturated carbocycles. The molecule has 29 heavy (non-hydrogen) atoms. The van der Waals surface area contributed by atoms with Crippen LogP contribution in [0.5, 0.6) is 5.75 Å². The quantitative estimate of drug-likeness (QED) is 0.587. The highest BCUT2D eigenvalue weighted by molar-refractivity contribution is 5.80. The maximum atomic E-state index is 5.54. The zero-order valence-electron chi connectivity index (χ0n) is 18.7. The smallest absolute Gasteiger partial charge is 0.193 e. The molecule has 2 aliphatic rings. The topological polar surface area (TPSA) is 43.3 Å². The van der Waals surface area contributed by atoms with Crippen LogP contribution in [0.15, 0.2) is 29.3 Å². The molecule has 0 radical (unpaired) electrons. The van der Waals surface area contributed by atoms with Gasteiger partial charge in [0.15, 0.2) is 5.96 Å². The van der Waals surface area contributed by atoms with Crippen molar-refractivity contribution in [1.29, 1.82) is 0 Å². The fourth-order valence-electron chi connectivity index (χ4n) is 4.62. The highest BCUT2D eigenvalue weighted by Gasteiger charge is 2.24. The zero-order chi connectivity index (χ0) is 20.6. The van der Waals surface area contributed by atoms with Crippen LogP contribution in [0.1, 0.15) is 26.7 Å². The van der Waals surface area contributed by atoms with Crippen LogP contribution in [0.4, 0.5) is 5.69 Å². The molecule has 1 aromatic carbocycles. The minimum Gasteiger partial charge on any atom is -0.495 e. The molecule has 1 unspecified atom stereocenters. The number of piperazine rings is 1. The number of hydrogen-bond acceptors (Lipinski definition) is 4. The Kier molecular flexibility index (Phi) is 8.04. The lowest BCUT2D eigenvalue weighted by Crippen LogP contribution is -2.53. The Hall–Kier alpha value is -1.95. The molecule has 2 fully saturated rings. The minimum atomic E-state index is 0.717. The number of ether oxygens (including phenoxy) is 1. The van der Waals surface area contributed by atoms with Crippen LogP contribution in [0.3, 0.4) is 0 Å². The second-order valence-electron chi connectivity index (χ2n) is 8.74. The first-order valence-corrected chi connectivity index (χ1v) is 11.2. The van der Waals surface area contributed by atoms with E-state index in [0.717, 1.165) is 50.4 Å². The number of guanidine groups is 1. The van der Waals surface area contributed by atoms with Gasteiger partial charge < -0.3 is 24.8 Å². The molecule has 1 N–H and O–H groups in total. The highest BCUT2D eigenvalue weighted by atomic mass is 16.5. The van der Waals surface area contributed by atoms with Crippen molar-refractivity contribution < 1.29 is 4.74 Å². The molecule has 2 aliphatic heterocycles. The van der Waals surface area contributed by atoms with Crippen molar-refractivity contribution in [2.75, 3.05) is 71.4 Å². The number of benzene rings is 1. The molecule has 6 heteroatoms. The third-order valence-corrected chi connectivity index (χ3v) is 5.99. The van der Waals surface area contributed by atoms with E-state index in [2.05, 4.69) is 51.0 Å². The molecule has 1 aromatic rings. The van der Waals surface area contributed by atoms with Crippen molar-refractivity contribution in [2.24, 2.45) is 16.8 Å². The SMILES string of the molecule is CN=C(NCC1CCCN(CC(C)C)C1)N1CCN(c2ccccc2OC)CC1. The predicted molar refractivity (Wildman–Crippen MR) is 122 cm³/mol. The van der Waals surface area contributed by atoms with Crippen LogP contribution in [-0.2, 0) is 0 Å². The first kappa shape index (κ1) is 21.8. The van der Waals surface area contributed by atoms with Crippen molar-refractivity contribution in [3.05, 3.63) is 24.3 Å². The number of nitrogens with zero attached hydrogens (tertiary/aromatic N) is 4. The van der Waals surface area contributed by atoms with Gasteiger partial charge >= 0.3 is 0 Å². The van der Waals surface area contributed by atoms with Gasteiger partial charge in [0.25, 0.3) is 0 Å². The van der Waals surface area contributed by atoms with Crippen molar-refractivity contribution in [3.8, 4) is 5.75 Å². The van der Waals surface area contributed by atoms with E-state index in [-0.39, 0.29) is 0 Å². The van der Waals surface area contributed by atoms with Gasteiger partial charge in [0.1, 0.15) is 5.75 Å². The van der Waals surface area contributed by atoms with E-state index in [4.69, 9.17) is 4.74 Å². The summed E-state index contributed by atoms with van der Waals surface area (Å²) in [4.78, 5) is 12.0. The van der Waals surface area contributed by atoms with Gasteiger partial charge in [-0.1, -0.05) is 26.0 Å². The first-order chi connectivity index (χ1) is 14.1. The van der Waals surface area contributed by atoms with E-state index in [1.807, 2.05) is 19.2 Å². The van der Waals surface area contributed by atoms with Crippen molar-refractivity contribution in [1.82, 2.24) is 15.1 Å². The number of likely N-dealkylation sites (tertiary alicyclic amines) is 1. The van der Waals surface area contributed by atoms with Crippen LogP contribution >= 0.6 is 0 Å². The number of rotatable bonds is 6. The number of hydrogen-bond donors (Lipinski definition) is 1. The minimum absolute atomic E-state index is 0.717. The summed E-state index contributed by atoms with van der Waals surface area (Å²) in [6, 6.07) is 8.29. The summed E-state index contributed by atoms with van der Waals surface area (Å²) in [5, 5.41) is 3.67. The fraction of sp³-hybridized carbons (Fsp3) is 0.696. The molecule has 0 aromatic heterocycles. The lowest BCUT2D eigenvalue weighted by Gasteiger charge is -2.39. The molecule has 6 nitrogen and oxygen atoms in total. The maximum Gasteiger partial charge on any atom is 0.193 e. The Morgan fingerprint density at radius 1 is 1.17 bits per heavy atom. The molecular formula is C23H39N5O. The van der Waals surface area contributed by atoms with Gasteiger partial charge in [-0.2, -0.15) is 0 Å². The molecule has 162 valence electrons. The van der Waals surface area contributed by atoms with E-state index >= 15 is 0 Å². The third-order valence-electron chi connectivity index (χ3n) is 5.99. The second kappa shape index (κ2) is 10.7. The second-order valence-corrected chi connectivity index (χ2v) is 8.74. The Bertz CT molecular complexity index is 654. The van der Waals surface area contributed by atoms with Gasteiger partial charge in [-0.15, -0.1) is 0 Å². The average molecular weight is 402 g/mol. The van der Waals surface area contributed by atoms with Crippen molar-refractivity contribution >= 4 is 11.6 Å². The van der Waals surface area contributed by atoms with Crippen molar-refractivity contribution in [2.45, 2.75) is 26.7 Å². The van der Waals surface area contributed by atoms with Crippen LogP contribution < -0.4 is 15.0 Å². The summed E-state index contributed by atoms with van der Waals surface area (Å²) in [6.45, 7) is 13.2. The van der Waals surface area contributed by atoms with Gasteiger partial charge in [0.05, 0.1) is 12.8 Å². The molecule has 0 amide bonds. The summed E-state index contributed by atoms with van der Waals surface area (Å²) in [5.41, 5.74) is 1.19. The van der Waals surface area contributed by atoms with Gasteiger partial charge in [-0.3, -0.25) is 4.99 Å². The highest BCUT2D eigenvalue weighted by Crippen LogP contribution is 2.28. The monoisotopic (exact) mass is 401 g/mol. The molecule has 0 spiro atoms. The van der Waals surface area contributed by atoms with Crippen LogP contribution in [0.25, 0.3) is 0 Å². The number of para-hydroxylation sites is 2. The van der Waals surface area contributed by atoms with E-state index in [1.54, 1.807) is 7.11 Å². The molecule has 0 aliphatic carbocycles. The molecule has 2 heterocycles. The predicted octanol–water partition coefficient (Wildman–Crippen LogP) is 2.76. The van der Waals surface area contributed by atoms with E-state index in [0.29, 0.717) is 5.92 Å². The molecule has 3 rings (SSSR count). The summed E-state index contributed by atoms with van der Waals surface area (Å²) >= 11 is 0. The van der Waals surface area contributed by atoms with Crippen LogP contribution in [0.2, 0.25) is 0 Å². The molecule has 0 bridgehead atoms. The molecule has 1 atom stereocenters. The van der Waals surface area contributed by atoms with Gasteiger partial charge in [-0.25, -0.2) is 0 Å².